The number of nitrogens with two attached hydrogens (primary N) is 1. The third-order valence-corrected chi connectivity index (χ3v) is 4.56. The van der Waals surface area contributed by atoms with Crippen molar-refractivity contribution in [2.24, 2.45) is 11.7 Å². The highest BCUT2D eigenvalue weighted by atomic mass is 16.2. The van der Waals surface area contributed by atoms with Gasteiger partial charge in [-0.15, -0.1) is 0 Å². The van der Waals surface area contributed by atoms with Crippen LogP contribution < -0.4 is 11.1 Å². The van der Waals surface area contributed by atoms with Crippen molar-refractivity contribution < 1.29 is 4.79 Å². The van der Waals surface area contributed by atoms with Gasteiger partial charge >= 0.3 is 0 Å². The Balaban J connectivity index is 1.87. The number of unbranched alkanes of at least 4 members (excludes halogenated alkanes) is 1. The Morgan fingerprint density at radius 2 is 2.09 bits per heavy atom. The average Bonchev–Trinajstić information content (AvgIpc) is 2.98. The smallest absolute Gasteiger partial charge is 0.237 e. The first-order chi connectivity index (χ1) is 11.2. The van der Waals surface area contributed by atoms with Gasteiger partial charge in [-0.3, -0.25) is 4.79 Å². The maximum atomic E-state index is 12.3. The summed E-state index contributed by atoms with van der Waals surface area (Å²) in [6.07, 6.45) is 7.19. The maximum Gasteiger partial charge on any atom is 0.237 e. The van der Waals surface area contributed by atoms with E-state index in [4.69, 9.17) is 5.73 Å². The quantitative estimate of drug-likeness (QED) is 0.664. The molecule has 0 aliphatic heterocycles. The fourth-order valence-electron chi connectivity index (χ4n) is 2.95. The van der Waals surface area contributed by atoms with E-state index < -0.39 is 6.04 Å². The zero-order chi connectivity index (χ0) is 16.7. The third kappa shape index (κ3) is 4.83. The van der Waals surface area contributed by atoms with Crippen molar-refractivity contribution in [3.8, 4) is 0 Å². The third-order valence-electron chi connectivity index (χ3n) is 4.56. The minimum atomic E-state index is -0.502. The Hall–Kier alpha value is -1.81. The summed E-state index contributed by atoms with van der Waals surface area (Å²) in [5.41, 5.74) is 8.28. The Morgan fingerprint density at radius 3 is 2.83 bits per heavy atom. The number of carbonyl (C=O) groups is 1. The van der Waals surface area contributed by atoms with E-state index in [1.54, 1.807) is 0 Å². The Bertz CT molecular complexity index is 620. The summed E-state index contributed by atoms with van der Waals surface area (Å²) in [6, 6.07) is 7.59. The van der Waals surface area contributed by atoms with Gasteiger partial charge in [-0.1, -0.05) is 51.3 Å². The molecule has 1 amide bonds. The van der Waals surface area contributed by atoms with Crippen molar-refractivity contribution in [2.45, 2.75) is 52.0 Å². The molecule has 126 valence electrons. The van der Waals surface area contributed by atoms with Crippen molar-refractivity contribution in [1.29, 1.82) is 0 Å². The van der Waals surface area contributed by atoms with E-state index in [1.165, 1.54) is 19.3 Å². The van der Waals surface area contributed by atoms with Gasteiger partial charge in [0.15, 0.2) is 0 Å². The predicted molar refractivity (Wildman–Crippen MR) is 96.3 cm³/mol. The molecule has 1 aromatic carbocycles. The van der Waals surface area contributed by atoms with Gasteiger partial charge in [-0.2, -0.15) is 0 Å². The molecule has 2 rings (SSSR count). The van der Waals surface area contributed by atoms with E-state index in [1.807, 2.05) is 24.4 Å². The molecular weight excluding hydrogens is 286 g/mol. The zero-order valence-electron chi connectivity index (χ0n) is 14.3. The van der Waals surface area contributed by atoms with Crippen LogP contribution in [0.2, 0.25) is 0 Å². The van der Waals surface area contributed by atoms with E-state index in [2.05, 4.69) is 30.2 Å². The number of nitrogens with one attached hydrogen (secondary N) is 2. The predicted octanol–water partition coefficient (Wildman–Crippen LogP) is 3.37. The second kappa shape index (κ2) is 8.73. The van der Waals surface area contributed by atoms with Gasteiger partial charge in [0.25, 0.3) is 0 Å². The summed E-state index contributed by atoms with van der Waals surface area (Å²) in [6.45, 7) is 5.11. The van der Waals surface area contributed by atoms with Crippen molar-refractivity contribution in [2.75, 3.05) is 6.54 Å². The molecule has 0 aliphatic rings. The summed E-state index contributed by atoms with van der Waals surface area (Å²) >= 11 is 0. The van der Waals surface area contributed by atoms with Crippen LogP contribution in [-0.2, 0) is 11.2 Å². The number of para-hydroxylation sites is 1. The topological polar surface area (TPSA) is 70.9 Å². The molecule has 4 nitrogen and oxygen atoms in total. The van der Waals surface area contributed by atoms with Crippen LogP contribution in [0, 0.1) is 5.92 Å². The summed E-state index contributed by atoms with van der Waals surface area (Å²) in [5.74, 6) is 0.504. The van der Waals surface area contributed by atoms with Gasteiger partial charge in [0, 0.05) is 23.6 Å². The van der Waals surface area contributed by atoms with Gasteiger partial charge in [0.1, 0.15) is 0 Å². The molecule has 1 heterocycles. The SMILES string of the molecule is CCCCC(CC)CNC(=O)C(N)Cc1c[nH]c2ccccc12. The first-order valence-corrected chi connectivity index (χ1v) is 8.74. The molecule has 0 fully saturated rings. The van der Waals surface area contributed by atoms with Crippen LogP contribution in [0.1, 0.15) is 45.1 Å². The zero-order valence-corrected chi connectivity index (χ0v) is 14.3. The summed E-state index contributed by atoms with van der Waals surface area (Å²) < 4.78 is 0. The van der Waals surface area contributed by atoms with E-state index >= 15 is 0 Å². The van der Waals surface area contributed by atoms with E-state index in [-0.39, 0.29) is 5.91 Å². The molecule has 23 heavy (non-hydrogen) atoms. The van der Waals surface area contributed by atoms with Crippen LogP contribution in [0.5, 0.6) is 0 Å². The molecule has 0 spiro atoms. The number of hydrogen-bond acceptors (Lipinski definition) is 2. The second-order valence-electron chi connectivity index (χ2n) is 6.33. The lowest BCUT2D eigenvalue weighted by Gasteiger charge is -2.17. The second-order valence-corrected chi connectivity index (χ2v) is 6.33. The molecule has 0 bridgehead atoms. The number of aromatic nitrogens is 1. The minimum absolute atomic E-state index is 0.0507. The number of aromatic amines is 1. The normalized spacial score (nSPS) is 13.9. The van der Waals surface area contributed by atoms with Gasteiger partial charge < -0.3 is 16.0 Å². The van der Waals surface area contributed by atoms with Crippen molar-refractivity contribution in [1.82, 2.24) is 10.3 Å². The Morgan fingerprint density at radius 1 is 1.30 bits per heavy atom. The van der Waals surface area contributed by atoms with Gasteiger partial charge in [-0.05, 0) is 30.4 Å². The largest absolute Gasteiger partial charge is 0.361 e. The van der Waals surface area contributed by atoms with Crippen LogP contribution in [0.25, 0.3) is 10.9 Å². The van der Waals surface area contributed by atoms with Gasteiger partial charge in [-0.25, -0.2) is 0 Å². The van der Waals surface area contributed by atoms with Crippen molar-refractivity contribution in [3.63, 3.8) is 0 Å². The van der Waals surface area contributed by atoms with E-state index in [0.717, 1.165) is 29.4 Å². The van der Waals surface area contributed by atoms with Crippen LogP contribution >= 0.6 is 0 Å². The molecule has 0 aliphatic carbocycles. The van der Waals surface area contributed by atoms with Gasteiger partial charge in [0.2, 0.25) is 5.91 Å². The lowest BCUT2D eigenvalue weighted by atomic mass is 9.99. The number of carbonyl (C=O) groups excluding carboxylic acids is 1. The lowest BCUT2D eigenvalue weighted by Crippen LogP contribution is -2.43. The Kier molecular flexibility index (Phi) is 6.66. The van der Waals surface area contributed by atoms with E-state index in [0.29, 0.717) is 12.3 Å². The summed E-state index contributed by atoms with van der Waals surface area (Å²) in [4.78, 5) is 15.5. The average molecular weight is 315 g/mol. The monoisotopic (exact) mass is 315 g/mol. The fourth-order valence-corrected chi connectivity index (χ4v) is 2.95. The molecule has 4 heteroatoms. The molecule has 2 atom stereocenters. The number of H-pyrrole nitrogens is 1. The molecule has 2 unspecified atom stereocenters. The van der Waals surface area contributed by atoms with Crippen molar-refractivity contribution >= 4 is 16.8 Å². The van der Waals surface area contributed by atoms with Gasteiger partial charge in [0.05, 0.1) is 6.04 Å². The molecular formula is C19H29N3O. The molecule has 4 N–H and O–H groups in total. The summed E-state index contributed by atoms with van der Waals surface area (Å²) in [5, 5.41) is 4.17. The van der Waals surface area contributed by atoms with Crippen molar-refractivity contribution in [3.05, 3.63) is 36.0 Å². The summed E-state index contributed by atoms with van der Waals surface area (Å²) in [7, 11) is 0. The number of amides is 1. The van der Waals surface area contributed by atoms with Crippen LogP contribution in [0.15, 0.2) is 30.5 Å². The number of rotatable bonds is 9. The first kappa shape index (κ1) is 17.5. The molecule has 0 saturated carbocycles. The standard InChI is InChI=1S/C19H29N3O/c1-3-5-8-14(4-2)12-22-19(23)17(20)11-15-13-21-18-10-7-6-9-16(15)18/h6-7,9-10,13-14,17,21H,3-5,8,11-12,20H2,1-2H3,(H,22,23). The van der Waals surface area contributed by atoms with Crippen LogP contribution in [0.3, 0.4) is 0 Å². The lowest BCUT2D eigenvalue weighted by molar-refractivity contribution is -0.122. The number of hydrogen-bond donors (Lipinski definition) is 3. The molecule has 2 aromatic rings. The highest BCUT2D eigenvalue weighted by Crippen LogP contribution is 2.18. The van der Waals surface area contributed by atoms with E-state index in [9.17, 15) is 4.79 Å². The highest BCUT2D eigenvalue weighted by Gasteiger charge is 2.17. The van der Waals surface area contributed by atoms with Crippen LogP contribution in [0.4, 0.5) is 0 Å². The number of fused-ring (bicyclic) bond motifs is 1. The molecule has 0 radical (unpaired) electrons. The maximum absolute atomic E-state index is 12.3. The Labute approximate surface area is 138 Å². The highest BCUT2D eigenvalue weighted by molar-refractivity contribution is 5.86. The number of benzene rings is 1. The fraction of sp³-hybridized carbons (Fsp3) is 0.526. The minimum Gasteiger partial charge on any atom is -0.361 e. The van der Waals surface area contributed by atoms with Crippen LogP contribution in [-0.4, -0.2) is 23.5 Å². The molecule has 0 saturated heterocycles. The first-order valence-electron chi connectivity index (χ1n) is 8.74. The molecule has 1 aromatic heterocycles.